The molecule has 2 heterocycles. The first-order valence-electron chi connectivity index (χ1n) is 9.76. The first kappa shape index (κ1) is 20.0. The van der Waals surface area contributed by atoms with Gasteiger partial charge in [-0.1, -0.05) is 23.2 Å². The van der Waals surface area contributed by atoms with Crippen molar-refractivity contribution in [2.75, 3.05) is 0 Å². The second kappa shape index (κ2) is 8.20. The summed E-state index contributed by atoms with van der Waals surface area (Å²) < 4.78 is 27.3. The number of hydrogen-bond acceptors (Lipinski definition) is 4. The monoisotopic (exact) mass is 406 g/mol. The Kier molecular flexibility index (Phi) is 5.46. The molecule has 0 amide bonds. The molecule has 1 aliphatic carbocycles. The van der Waals surface area contributed by atoms with Crippen molar-refractivity contribution in [3.63, 3.8) is 0 Å². The minimum Gasteiger partial charge on any atom is -0.306 e. The summed E-state index contributed by atoms with van der Waals surface area (Å²) in [6, 6.07) is 5.47. The van der Waals surface area contributed by atoms with Gasteiger partial charge in [0.1, 0.15) is 11.6 Å². The van der Waals surface area contributed by atoms with Crippen LogP contribution in [0, 0.1) is 23.0 Å². The number of fused-ring (bicyclic) bond motifs is 1. The molecule has 1 aliphatic heterocycles. The van der Waals surface area contributed by atoms with E-state index in [1.54, 1.807) is 25.3 Å². The third kappa shape index (κ3) is 4.31. The van der Waals surface area contributed by atoms with Gasteiger partial charge in [0.2, 0.25) is 11.7 Å². The van der Waals surface area contributed by atoms with Crippen LogP contribution in [0.3, 0.4) is 0 Å². The lowest BCUT2D eigenvalue weighted by atomic mass is 9.79. The lowest BCUT2D eigenvalue weighted by Crippen LogP contribution is -2.89. The van der Waals surface area contributed by atoms with E-state index in [0.717, 1.165) is 35.4 Å². The molecule has 152 valence electrons. The standard InChI is InChI=1S/C23H21F2N5/c1-13(26)3-6-22-28-23(30-29-22)10-15-4-5-21-20(14(15)2)9-17(12-27-21)16-7-18(24)11-19(25)8-16/h3-9,11-12,14-15,26H,10H2,1-2H3,(H,28,29,30)/p+1. The van der Waals surface area contributed by atoms with Crippen molar-refractivity contribution in [3.8, 4) is 11.1 Å². The first-order chi connectivity index (χ1) is 14.4. The zero-order valence-corrected chi connectivity index (χ0v) is 16.7. The highest BCUT2D eigenvalue weighted by molar-refractivity contribution is 6.00. The molecule has 2 aromatic rings. The van der Waals surface area contributed by atoms with Crippen LogP contribution in [0.1, 0.15) is 37.4 Å². The Morgan fingerprint density at radius 3 is 2.63 bits per heavy atom. The smallest absolute Gasteiger partial charge is 0.250 e. The predicted octanol–water partition coefficient (Wildman–Crippen LogP) is 4.05. The molecule has 1 aromatic carbocycles. The number of aromatic nitrogens is 1. The van der Waals surface area contributed by atoms with Gasteiger partial charge < -0.3 is 5.41 Å². The van der Waals surface area contributed by atoms with E-state index in [-0.39, 0.29) is 11.8 Å². The number of quaternary nitrogens is 1. The summed E-state index contributed by atoms with van der Waals surface area (Å²) >= 11 is 0. The van der Waals surface area contributed by atoms with Gasteiger partial charge in [0.15, 0.2) is 0 Å². The molecule has 2 unspecified atom stereocenters. The van der Waals surface area contributed by atoms with Gasteiger partial charge in [0.05, 0.1) is 12.1 Å². The Morgan fingerprint density at radius 1 is 1.13 bits per heavy atom. The Morgan fingerprint density at radius 2 is 1.90 bits per heavy atom. The molecule has 7 heteroatoms. The zero-order valence-electron chi connectivity index (χ0n) is 16.7. The van der Waals surface area contributed by atoms with Crippen LogP contribution in [0.2, 0.25) is 0 Å². The van der Waals surface area contributed by atoms with Crippen molar-refractivity contribution in [1.29, 1.82) is 5.41 Å². The second-order valence-electron chi connectivity index (χ2n) is 7.65. The summed E-state index contributed by atoms with van der Waals surface area (Å²) in [4.78, 5) is 4.50. The second-order valence-corrected chi connectivity index (χ2v) is 7.65. The molecule has 2 atom stereocenters. The van der Waals surface area contributed by atoms with Crippen LogP contribution >= 0.6 is 0 Å². The molecule has 0 radical (unpaired) electrons. The third-order valence-corrected chi connectivity index (χ3v) is 5.34. The van der Waals surface area contributed by atoms with Crippen LogP contribution in [0.4, 0.5) is 8.78 Å². The van der Waals surface area contributed by atoms with Crippen LogP contribution in [-0.4, -0.2) is 22.4 Å². The van der Waals surface area contributed by atoms with Crippen LogP contribution in [-0.2, 0) is 0 Å². The van der Waals surface area contributed by atoms with Crippen LogP contribution in [0.25, 0.3) is 17.2 Å². The number of halogens is 2. The molecule has 2 aliphatic rings. The maximum atomic E-state index is 13.6. The topological polar surface area (TPSA) is 78.1 Å². The fourth-order valence-corrected chi connectivity index (χ4v) is 3.72. The fraction of sp³-hybridized carbons (Fsp3) is 0.217. The quantitative estimate of drug-likeness (QED) is 0.722. The third-order valence-electron chi connectivity index (χ3n) is 5.34. The van der Waals surface area contributed by atoms with E-state index in [0.29, 0.717) is 16.8 Å². The Hall–Kier alpha value is -3.32. The summed E-state index contributed by atoms with van der Waals surface area (Å²) in [5.41, 5.74) is 3.54. The molecular formula is C23H22F2N5+. The van der Waals surface area contributed by atoms with Crippen LogP contribution in [0.5, 0.6) is 0 Å². The summed E-state index contributed by atoms with van der Waals surface area (Å²) in [6.07, 6.45) is 9.97. The van der Waals surface area contributed by atoms with E-state index in [4.69, 9.17) is 5.41 Å². The number of pyridine rings is 1. The minimum atomic E-state index is -0.605. The molecule has 3 N–H and O–H groups in total. The van der Waals surface area contributed by atoms with E-state index < -0.39 is 11.6 Å². The van der Waals surface area contributed by atoms with E-state index in [2.05, 4.69) is 28.2 Å². The maximum absolute atomic E-state index is 13.6. The summed E-state index contributed by atoms with van der Waals surface area (Å²) in [5.74, 6) is 0.782. The van der Waals surface area contributed by atoms with Gasteiger partial charge in [0, 0.05) is 29.6 Å². The highest BCUT2D eigenvalue weighted by atomic mass is 19.1. The van der Waals surface area contributed by atoms with Crippen LogP contribution < -0.4 is 5.32 Å². The van der Waals surface area contributed by atoms with E-state index >= 15 is 0 Å². The molecule has 5 nitrogen and oxygen atoms in total. The number of rotatable bonds is 5. The molecule has 0 fully saturated rings. The summed E-state index contributed by atoms with van der Waals surface area (Å²) in [7, 11) is 0. The first-order valence-corrected chi connectivity index (χ1v) is 9.76. The molecule has 0 bridgehead atoms. The van der Waals surface area contributed by atoms with E-state index in [1.807, 2.05) is 17.5 Å². The lowest BCUT2D eigenvalue weighted by Gasteiger charge is -2.26. The Labute approximate surface area is 173 Å². The molecule has 0 saturated carbocycles. The number of nitrogens with two attached hydrogens (primary N) is 1. The minimum absolute atomic E-state index is 0.162. The number of nitrogens with one attached hydrogen (secondary N) is 1. The van der Waals surface area contributed by atoms with Gasteiger partial charge in [-0.15, -0.1) is 0 Å². The number of nitrogens with zero attached hydrogens (tertiary/aromatic N) is 3. The number of allylic oxidation sites excluding steroid dienone is 2. The lowest BCUT2D eigenvalue weighted by molar-refractivity contribution is -0.404. The van der Waals surface area contributed by atoms with Crippen molar-refractivity contribution in [2.45, 2.75) is 26.2 Å². The number of amidine groups is 2. The van der Waals surface area contributed by atoms with E-state index in [1.165, 1.54) is 12.1 Å². The average molecular weight is 406 g/mol. The number of hydrogen-bond donors (Lipinski definition) is 2. The highest BCUT2D eigenvalue weighted by Crippen LogP contribution is 2.37. The molecule has 30 heavy (non-hydrogen) atoms. The average Bonchev–Trinajstić information content (AvgIpc) is 3.15. The van der Waals surface area contributed by atoms with Gasteiger partial charge in [-0.25, -0.2) is 14.1 Å². The Bertz CT molecular complexity index is 1110. The highest BCUT2D eigenvalue weighted by Gasteiger charge is 2.28. The van der Waals surface area contributed by atoms with Gasteiger partial charge in [-0.2, -0.15) is 0 Å². The SMILES string of the molecule is CC(=N)C=CC1=NN=C(CC2C=Cc3ncc(-c4cc(F)cc(F)c4)cc3C2C)[NH2+]1. The predicted molar refractivity (Wildman–Crippen MR) is 114 cm³/mol. The van der Waals surface area contributed by atoms with Gasteiger partial charge in [-0.05, 0) is 60.2 Å². The zero-order chi connectivity index (χ0) is 21.3. The summed E-state index contributed by atoms with van der Waals surface area (Å²) in [6.45, 7) is 3.83. The fourth-order valence-electron chi connectivity index (χ4n) is 3.72. The van der Waals surface area contributed by atoms with Crippen molar-refractivity contribution in [3.05, 3.63) is 71.6 Å². The van der Waals surface area contributed by atoms with Crippen molar-refractivity contribution < 1.29 is 14.1 Å². The van der Waals surface area contributed by atoms with Crippen molar-refractivity contribution in [1.82, 2.24) is 4.98 Å². The van der Waals surface area contributed by atoms with Crippen molar-refractivity contribution in [2.24, 2.45) is 16.1 Å². The normalized spacial score (nSPS) is 20.3. The number of benzene rings is 1. The van der Waals surface area contributed by atoms with E-state index in [9.17, 15) is 8.78 Å². The molecule has 1 aromatic heterocycles. The molecule has 0 saturated heterocycles. The van der Waals surface area contributed by atoms with Crippen LogP contribution in [0.15, 0.2) is 58.9 Å². The molecule has 0 spiro atoms. The van der Waals surface area contributed by atoms with Gasteiger partial charge in [0.25, 0.3) is 0 Å². The largest absolute Gasteiger partial charge is 0.306 e. The maximum Gasteiger partial charge on any atom is 0.250 e. The van der Waals surface area contributed by atoms with Gasteiger partial charge >= 0.3 is 0 Å². The molecular weight excluding hydrogens is 384 g/mol. The molecule has 4 rings (SSSR count). The van der Waals surface area contributed by atoms with Crippen molar-refractivity contribution >= 4 is 23.5 Å². The summed E-state index contributed by atoms with van der Waals surface area (Å²) in [5, 5.41) is 17.8. The Balaban J connectivity index is 1.51. The van der Waals surface area contributed by atoms with Gasteiger partial charge in [-0.3, -0.25) is 4.98 Å².